The van der Waals surface area contributed by atoms with Crippen LogP contribution in [0.15, 0.2) is 64.8 Å². The Hall–Kier alpha value is -3.04. The van der Waals surface area contributed by atoms with Crippen molar-refractivity contribution in [2.75, 3.05) is 31.1 Å². The largest absolute Gasteiger partial charge is 0.438 e. The van der Waals surface area contributed by atoms with Crippen molar-refractivity contribution in [1.29, 1.82) is 0 Å². The van der Waals surface area contributed by atoms with Crippen LogP contribution in [0, 0.1) is 0 Å². The third-order valence-corrected chi connectivity index (χ3v) is 6.49. The van der Waals surface area contributed by atoms with Gasteiger partial charge in [-0.25, -0.2) is 15.0 Å². The topological polar surface area (TPSA) is 71.5 Å². The molecule has 1 aromatic carbocycles. The van der Waals surface area contributed by atoms with Gasteiger partial charge in [0.05, 0.1) is 5.39 Å². The molecular formula is C22H18BrN5O2S. The van der Waals surface area contributed by atoms with E-state index in [1.54, 1.807) is 36.0 Å². The molecular weight excluding hydrogens is 478 g/mol. The van der Waals surface area contributed by atoms with Gasteiger partial charge >= 0.3 is 0 Å². The normalized spacial score (nSPS) is 14.1. The number of benzene rings is 1. The Kier molecular flexibility index (Phi) is 5.52. The molecule has 3 aromatic heterocycles. The molecule has 0 unspecified atom stereocenters. The summed E-state index contributed by atoms with van der Waals surface area (Å²) in [5.41, 5.74) is 0.459. The Bertz CT molecular complexity index is 1220. The molecule has 0 aliphatic carbocycles. The molecule has 0 atom stereocenters. The monoisotopic (exact) mass is 495 g/mol. The molecule has 1 aliphatic rings. The Morgan fingerprint density at radius 3 is 2.61 bits per heavy atom. The van der Waals surface area contributed by atoms with Crippen LogP contribution in [0.3, 0.4) is 0 Å². The van der Waals surface area contributed by atoms with Crippen LogP contribution < -0.4 is 9.64 Å². The molecule has 156 valence electrons. The molecule has 5 rings (SSSR count). The van der Waals surface area contributed by atoms with Gasteiger partial charge in [-0.05, 0) is 47.8 Å². The lowest BCUT2D eigenvalue weighted by atomic mass is 10.2. The minimum atomic E-state index is -0.0803. The fourth-order valence-electron chi connectivity index (χ4n) is 3.57. The number of amides is 1. The van der Waals surface area contributed by atoms with Crippen molar-refractivity contribution in [1.82, 2.24) is 19.9 Å². The van der Waals surface area contributed by atoms with E-state index in [9.17, 15) is 4.79 Å². The molecule has 0 radical (unpaired) electrons. The van der Waals surface area contributed by atoms with Crippen LogP contribution in [0.4, 0.5) is 5.82 Å². The van der Waals surface area contributed by atoms with E-state index in [0.717, 1.165) is 20.5 Å². The number of nitrogens with zero attached hydrogens (tertiary/aromatic N) is 5. The summed E-state index contributed by atoms with van der Waals surface area (Å²) in [7, 11) is 0. The number of halogens is 1. The summed E-state index contributed by atoms with van der Waals surface area (Å²) in [5, 5.41) is 3.09. The minimum absolute atomic E-state index is 0.0803. The van der Waals surface area contributed by atoms with Gasteiger partial charge in [0.1, 0.15) is 28.3 Å². The number of ether oxygens (including phenoxy) is 1. The van der Waals surface area contributed by atoms with Crippen molar-refractivity contribution in [2.24, 2.45) is 0 Å². The predicted molar refractivity (Wildman–Crippen MR) is 124 cm³/mol. The lowest BCUT2D eigenvalue weighted by Crippen LogP contribution is -2.49. The van der Waals surface area contributed by atoms with Crippen LogP contribution >= 0.6 is 27.3 Å². The Labute approximate surface area is 191 Å². The van der Waals surface area contributed by atoms with Gasteiger partial charge in [0.25, 0.3) is 5.91 Å². The predicted octanol–water partition coefficient (Wildman–Crippen LogP) is 4.60. The number of hydrogen-bond donors (Lipinski definition) is 0. The van der Waals surface area contributed by atoms with Crippen LogP contribution in [0.5, 0.6) is 11.6 Å². The van der Waals surface area contributed by atoms with Crippen molar-refractivity contribution in [2.45, 2.75) is 0 Å². The summed E-state index contributed by atoms with van der Waals surface area (Å²) in [4.78, 5) is 31.4. The first-order valence-corrected chi connectivity index (χ1v) is 11.5. The average molecular weight is 496 g/mol. The van der Waals surface area contributed by atoms with Gasteiger partial charge in [-0.3, -0.25) is 4.79 Å². The first-order chi connectivity index (χ1) is 15.2. The summed E-state index contributed by atoms with van der Waals surface area (Å²) in [6.07, 6.45) is 3.23. The smallest absolute Gasteiger partial charge is 0.259 e. The van der Waals surface area contributed by atoms with Crippen molar-refractivity contribution >= 4 is 49.2 Å². The van der Waals surface area contributed by atoms with Gasteiger partial charge in [-0.1, -0.05) is 15.9 Å². The second kappa shape index (κ2) is 8.60. The zero-order chi connectivity index (χ0) is 21.2. The summed E-state index contributed by atoms with van der Waals surface area (Å²) in [6.45, 7) is 2.61. The van der Waals surface area contributed by atoms with Gasteiger partial charge in [0, 0.05) is 36.8 Å². The number of hydrogen-bond acceptors (Lipinski definition) is 7. The van der Waals surface area contributed by atoms with Crippen molar-refractivity contribution in [3.8, 4) is 11.6 Å². The number of piperazine rings is 1. The fourth-order valence-corrected chi connectivity index (χ4v) is 4.56. The first kappa shape index (κ1) is 19.9. The van der Waals surface area contributed by atoms with Crippen LogP contribution in [0.1, 0.15) is 10.4 Å². The van der Waals surface area contributed by atoms with E-state index in [1.807, 2.05) is 40.6 Å². The van der Waals surface area contributed by atoms with Crippen molar-refractivity contribution in [3.05, 3.63) is 70.4 Å². The summed E-state index contributed by atoms with van der Waals surface area (Å²) < 4.78 is 6.86. The van der Waals surface area contributed by atoms with Gasteiger partial charge in [-0.2, -0.15) is 0 Å². The van der Waals surface area contributed by atoms with E-state index >= 15 is 0 Å². The number of pyridine rings is 1. The number of carbonyl (C=O) groups is 1. The molecule has 1 aliphatic heterocycles. The molecule has 1 fully saturated rings. The highest BCUT2D eigenvalue weighted by Crippen LogP contribution is 2.29. The lowest BCUT2D eigenvalue weighted by molar-refractivity contribution is 0.0743. The molecule has 31 heavy (non-hydrogen) atoms. The maximum absolute atomic E-state index is 13.2. The maximum Gasteiger partial charge on any atom is 0.259 e. The van der Waals surface area contributed by atoms with Crippen LogP contribution in [-0.4, -0.2) is 51.9 Å². The lowest BCUT2D eigenvalue weighted by Gasteiger charge is -2.35. The van der Waals surface area contributed by atoms with E-state index in [-0.39, 0.29) is 5.91 Å². The van der Waals surface area contributed by atoms with Crippen LogP contribution in [0.25, 0.3) is 10.2 Å². The SMILES string of the molecule is O=C(c1cccnc1Oc1ccc(Br)cc1)N1CCN(c2ncnc3sccc23)CC1. The van der Waals surface area contributed by atoms with Crippen LogP contribution in [-0.2, 0) is 0 Å². The van der Waals surface area contributed by atoms with Gasteiger partial charge in [0.2, 0.25) is 5.88 Å². The number of rotatable bonds is 4. The molecule has 4 aromatic rings. The van der Waals surface area contributed by atoms with E-state index in [1.165, 1.54) is 0 Å². The summed E-state index contributed by atoms with van der Waals surface area (Å²) in [5.74, 6) is 1.79. The summed E-state index contributed by atoms with van der Waals surface area (Å²) >= 11 is 5.02. The zero-order valence-electron chi connectivity index (χ0n) is 16.4. The molecule has 0 saturated carbocycles. The number of aromatic nitrogens is 3. The van der Waals surface area contributed by atoms with Crippen LogP contribution in [0.2, 0.25) is 0 Å². The maximum atomic E-state index is 13.2. The molecule has 1 amide bonds. The highest BCUT2D eigenvalue weighted by molar-refractivity contribution is 9.10. The second-order valence-corrected chi connectivity index (χ2v) is 8.84. The highest BCUT2D eigenvalue weighted by Gasteiger charge is 2.26. The third kappa shape index (κ3) is 4.11. The van der Waals surface area contributed by atoms with Gasteiger partial charge in [0.15, 0.2) is 0 Å². The molecule has 9 heteroatoms. The van der Waals surface area contributed by atoms with Gasteiger partial charge in [-0.15, -0.1) is 11.3 Å². The Morgan fingerprint density at radius 2 is 1.81 bits per heavy atom. The third-order valence-electron chi connectivity index (χ3n) is 5.14. The molecule has 7 nitrogen and oxygen atoms in total. The van der Waals surface area contributed by atoms with Crippen molar-refractivity contribution in [3.63, 3.8) is 0 Å². The van der Waals surface area contributed by atoms with E-state index in [0.29, 0.717) is 43.4 Å². The molecule has 1 saturated heterocycles. The summed E-state index contributed by atoms with van der Waals surface area (Å²) in [6, 6.07) is 13.0. The average Bonchev–Trinajstić information content (AvgIpc) is 3.30. The Morgan fingerprint density at radius 1 is 1.00 bits per heavy atom. The number of carbonyl (C=O) groups excluding carboxylic acids is 1. The fraction of sp³-hybridized carbons (Fsp3) is 0.182. The quantitative estimate of drug-likeness (QED) is 0.411. The molecule has 0 N–H and O–H groups in total. The Balaban J connectivity index is 1.31. The number of thiophene rings is 1. The van der Waals surface area contributed by atoms with E-state index in [2.05, 4.69) is 35.8 Å². The molecule has 0 spiro atoms. The number of fused-ring (bicyclic) bond motifs is 1. The second-order valence-electron chi connectivity index (χ2n) is 7.03. The standard InChI is InChI=1S/C22H18BrN5O2S/c23-15-3-5-16(6-4-15)30-20-18(2-1-8-24-20)22(29)28-11-9-27(10-12-28)19-17-7-13-31-21(17)26-14-25-19/h1-8,13-14H,9-12H2. The molecule has 4 heterocycles. The van der Waals surface area contributed by atoms with E-state index in [4.69, 9.17) is 4.74 Å². The minimum Gasteiger partial charge on any atom is -0.438 e. The number of anilines is 1. The molecule has 0 bridgehead atoms. The van der Waals surface area contributed by atoms with Crippen molar-refractivity contribution < 1.29 is 9.53 Å². The highest BCUT2D eigenvalue weighted by atomic mass is 79.9. The zero-order valence-corrected chi connectivity index (χ0v) is 18.8. The first-order valence-electron chi connectivity index (χ1n) is 9.80. The van der Waals surface area contributed by atoms with Gasteiger partial charge < -0.3 is 14.5 Å². The van der Waals surface area contributed by atoms with E-state index < -0.39 is 0 Å².